The number of ether oxygens (including phenoxy) is 2. The van der Waals surface area contributed by atoms with Crippen LogP contribution in [0, 0.1) is 0 Å². The molecule has 0 aliphatic heterocycles. The van der Waals surface area contributed by atoms with Crippen molar-refractivity contribution in [3.8, 4) is 5.75 Å². The molecule has 4 N–H and O–H groups in total. The van der Waals surface area contributed by atoms with E-state index in [1.54, 1.807) is 24.3 Å². The zero-order chi connectivity index (χ0) is 23.9. The van der Waals surface area contributed by atoms with Crippen LogP contribution in [0.2, 0.25) is 0 Å². The van der Waals surface area contributed by atoms with Crippen molar-refractivity contribution in [2.24, 2.45) is 0 Å². The maximum Gasteiger partial charge on any atom is 0.257 e. The summed E-state index contributed by atoms with van der Waals surface area (Å²) in [6, 6.07) is 16.1. The number of nitrogens with one attached hydrogen (secondary N) is 4. The van der Waals surface area contributed by atoms with Gasteiger partial charge in [-0.15, -0.1) is 0 Å². The zero-order valence-electron chi connectivity index (χ0n) is 18.4. The lowest BCUT2D eigenvalue weighted by Gasteiger charge is -2.12. The summed E-state index contributed by atoms with van der Waals surface area (Å²) in [6.07, 6.45) is -0.0130. The molecule has 3 amide bonds. The van der Waals surface area contributed by atoms with E-state index in [4.69, 9.17) is 21.7 Å². The fraction of sp³-hybridized carbons (Fsp3) is 0.304. The van der Waals surface area contributed by atoms with Crippen molar-refractivity contribution in [3.63, 3.8) is 0 Å². The molecule has 0 aliphatic carbocycles. The van der Waals surface area contributed by atoms with Gasteiger partial charge in [-0.25, -0.2) is 0 Å². The minimum Gasteiger partial charge on any atom is -0.491 e. The molecule has 0 heterocycles. The van der Waals surface area contributed by atoms with Gasteiger partial charge in [0.15, 0.2) is 5.11 Å². The fourth-order valence-corrected chi connectivity index (χ4v) is 2.74. The van der Waals surface area contributed by atoms with E-state index in [9.17, 15) is 14.4 Å². The molecule has 33 heavy (non-hydrogen) atoms. The summed E-state index contributed by atoms with van der Waals surface area (Å²) >= 11 is 5.03. The predicted molar refractivity (Wildman–Crippen MR) is 127 cm³/mol. The number of thiocarbonyl (C=S) groups is 1. The van der Waals surface area contributed by atoms with Gasteiger partial charge in [0.1, 0.15) is 12.4 Å². The Morgan fingerprint density at radius 3 is 2.42 bits per heavy atom. The smallest absolute Gasteiger partial charge is 0.257 e. The average Bonchev–Trinajstić information content (AvgIpc) is 2.83. The van der Waals surface area contributed by atoms with Crippen molar-refractivity contribution in [2.75, 3.05) is 19.8 Å². The summed E-state index contributed by atoms with van der Waals surface area (Å²) in [7, 11) is 0. The molecule has 0 saturated heterocycles. The van der Waals surface area contributed by atoms with Gasteiger partial charge in [-0.3, -0.25) is 30.6 Å². The Morgan fingerprint density at radius 1 is 0.909 bits per heavy atom. The number of amides is 3. The maximum atomic E-state index is 12.3. The van der Waals surface area contributed by atoms with Gasteiger partial charge in [-0.1, -0.05) is 36.4 Å². The lowest BCUT2D eigenvalue weighted by atomic mass is 10.2. The molecular formula is C23H28N4O5S. The van der Waals surface area contributed by atoms with Crippen molar-refractivity contribution in [2.45, 2.75) is 26.3 Å². The third-order valence-electron chi connectivity index (χ3n) is 4.25. The normalized spacial score (nSPS) is 10.1. The number of hydrogen-bond acceptors (Lipinski definition) is 6. The van der Waals surface area contributed by atoms with Crippen LogP contribution in [-0.4, -0.2) is 42.7 Å². The Kier molecular flexibility index (Phi) is 11.3. The minimum atomic E-state index is -0.461. The lowest BCUT2D eigenvalue weighted by Crippen LogP contribution is -2.48. The molecular weight excluding hydrogens is 444 g/mol. The molecule has 2 aromatic carbocycles. The quantitative estimate of drug-likeness (QED) is 0.224. The number of hydrazine groups is 1. The Morgan fingerprint density at radius 2 is 1.67 bits per heavy atom. The van der Waals surface area contributed by atoms with E-state index < -0.39 is 11.8 Å². The summed E-state index contributed by atoms with van der Waals surface area (Å²) in [5.74, 6) is -0.614. The highest BCUT2D eigenvalue weighted by molar-refractivity contribution is 7.80. The molecule has 0 bridgehead atoms. The molecule has 2 rings (SSSR count). The Bertz CT molecular complexity index is 939. The molecule has 2 aromatic rings. The fourth-order valence-electron chi connectivity index (χ4n) is 2.60. The van der Waals surface area contributed by atoms with Crippen LogP contribution in [0.3, 0.4) is 0 Å². The number of carbonyl (C=O) groups excluding carboxylic acids is 3. The highest BCUT2D eigenvalue weighted by Crippen LogP contribution is 2.13. The minimum absolute atomic E-state index is 0.0234. The van der Waals surface area contributed by atoms with E-state index in [1.807, 2.05) is 37.3 Å². The highest BCUT2D eigenvalue weighted by Gasteiger charge is 2.11. The van der Waals surface area contributed by atoms with Crippen LogP contribution in [0.1, 0.15) is 35.7 Å². The molecule has 9 nitrogen and oxygen atoms in total. The van der Waals surface area contributed by atoms with Crippen LogP contribution in [0.15, 0.2) is 54.6 Å². The first-order valence-corrected chi connectivity index (χ1v) is 10.9. The molecule has 0 aromatic heterocycles. The second-order valence-corrected chi connectivity index (χ2v) is 7.20. The largest absolute Gasteiger partial charge is 0.491 e. The first-order chi connectivity index (χ1) is 16.0. The van der Waals surface area contributed by atoms with Crippen LogP contribution < -0.4 is 26.2 Å². The van der Waals surface area contributed by atoms with Crippen molar-refractivity contribution < 1.29 is 23.9 Å². The van der Waals surface area contributed by atoms with Gasteiger partial charge in [0.25, 0.3) is 5.91 Å². The molecule has 0 atom stereocenters. The van der Waals surface area contributed by atoms with Crippen LogP contribution in [0.4, 0.5) is 0 Å². The maximum absolute atomic E-state index is 12.3. The van der Waals surface area contributed by atoms with Gasteiger partial charge >= 0.3 is 0 Å². The number of carbonyl (C=O) groups is 3. The summed E-state index contributed by atoms with van der Waals surface area (Å²) in [4.78, 5) is 36.1. The molecule has 0 fully saturated rings. The van der Waals surface area contributed by atoms with E-state index in [2.05, 4.69) is 21.5 Å². The number of benzene rings is 2. The van der Waals surface area contributed by atoms with Crippen LogP contribution in [0.5, 0.6) is 5.75 Å². The molecule has 0 aliphatic rings. The average molecular weight is 473 g/mol. The molecule has 0 radical (unpaired) electrons. The summed E-state index contributed by atoms with van der Waals surface area (Å²) in [6.45, 7) is 3.72. The topological polar surface area (TPSA) is 118 Å². The van der Waals surface area contributed by atoms with Crippen molar-refractivity contribution in [3.05, 3.63) is 65.7 Å². The van der Waals surface area contributed by atoms with Crippen molar-refractivity contribution in [1.29, 1.82) is 0 Å². The second kappa shape index (κ2) is 14.5. The third-order valence-corrected chi connectivity index (χ3v) is 4.46. The molecule has 0 spiro atoms. The van der Waals surface area contributed by atoms with Gasteiger partial charge in [0.2, 0.25) is 11.8 Å². The van der Waals surface area contributed by atoms with Crippen LogP contribution in [0.25, 0.3) is 0 Å². The van der Waals surface area contributed by atoms with E-state index in [0.717, 1.165) is 5.56 Å². The summed E-state index contributed by atoms with van der Waals surface area (Å²) in [5, 5.41) is 5.13. The molecule has 0 saturated carbocycles. The Balaban J connectivity index is 1.65. The van der Waals surface area contributed by atoms with Gasteiger partial charge in [-0.2, -0.15) is 0 Å². The first kappa shape index (κ1) is 25.8. The van der Waals surface area contributed by atoms with E-state index >= 15 is 0 Å². The van der Waals surface area contributed by atoms with E-state index in [-0.39, 0.29) is 23.9 Å². The van der Waals surface area contributed by atoms with Crippen LogP contribution >= 0.6 is 12.2 Å². The Hall–Kier alpha value is -3.50. The SMILES string of the molecule is CCOCCOc1cccc(C(=O)NC(=S)NNC(=O)CCC(=O)NCc2ccccc2)c1. The van der Waals surface area contributed by atoms with Crippen molar-refractivity contribution in [1.82, 2.24) is 21.5 Å². The Labute approximate surface area is 198 Å². The zero-order valence-corrected chi connectivity index (χ0v) is 19.2. The van der Waals surface area contributed by atoms with Gasteiger partial charge in [-0.05, 0) is 42.9 Å². The standard InChI is InChI=1S/C23H28N4O5S/c1-2-31-13-14-32-19-10-6-9-18(15-19)22(30)25-23(33)27-26-21(29)12-11-20(28)24-16-17-7-4-3-5-8-17/h3-10,15H,2,11-14,16H2,1H3,(H,24,28)(H,26,29)(H2,25,27,30,33). The first-order valence-electron chi connectivity index (χ1n) is 10.5. The highest BCUT2D eigenvalue weighted by atomic mass is 32.1. The monoisotopic (exact) mass is 472 g/mol. The number of rotatable bonds is 11. The predicted octanol–water partition coefficient (Wildman–Crippen LogP) is 1.83. The molecule has 0 unspecified atom stereocenters. The second-order valence-electron chi connectivity index (χ2n) is 6.79. The van der Waals surface area contributed by atoms with E-state index in [0.29, 0.717) is 37.7 Å². The summed E-state index contributed by atoms with van der Waals surface area (Å²) < 4.78 is 10.7. The van der Waals surface area contributed by atoms with Gasteiger partial charge in [0.05, 0.1) is 6.61 Å². The van der Waals surface area contributed by atoms with Crippen LogP contribution in [-0.2, 0) is 20.9 Å². The van der Waals surface area contributed by atoms with Gasteiger partial charge in [0, 0.05) is 31.6 Å². The summed E-state index contributed by atoms with van der Waals surface area (Å²) in [5.41, 5.74) is 6.12. The third kappa shape index (κ3) is 10.6. The van der Waals surface area contributed by atoms with E-state index in [1.165, 1.54) is 0 Å². The molecule has 10 heteroatoms. The lowest BCUT2D eigenvalue weighted by molar-refractivity contribution is -0.126. The molecule has 176 valence electrons. The van der Waals surface area contributed by atoms with Gasteiger partial charge < -0.3 is 14.8 Å². The van der Waals surface area contributed by atoms with Crippen molar-refractivity contribution >= 4 is 35.1 Å². The number of hydrogen-bond donors (Lipinski definition) is 4.